The Kier molecular flexibility index (Phi) is 7.88. The van der Waals surface area contributed by atoms with Crippen LogP contribution in [0.1, 0.15) is 28.4 Å². The van der Waals surface area contributed by atoms with Crippen LogP contribution in [0, 0.1) is 6.92 Å². The maximum absolute atomic E-state index is 13.3. The van der Waals surface area contributed by atoms with E-state index in [-0.39, 0.29) is 29.9 Å². The summed E-state index contributed by atoms with van der Waals surface area (Å²) in [7, 11) is 0. The van der Waals surface area contributed by atoms with E-state index in [1.54, 1.807) is 36.4 Å². The van der Waals surface area contributed by atoms with E-state index >= 15 is 0 Å². The summed E-state index contributed by atoms with van der Waals surface area (Å²) in [5.74, 6) is -0.0737. The van der Waals surface area contributed by atoms with E-state index in [0.717, 1.165) is 17.7 Å². The number of amides is 1. The molecule has 0 aliphatic heterocycles. The lowest BCUT2D eigenvalue weighted by molar-refractivity contribution is -0.137. The second kappa shape index (κ2) is 11.3. The zero-order valence-corrected chi connectivity index (χ0v) is 20.2. The predicted octanol–water partition coefficient (Wildman–Crippen LogP) is 5.93. The molecule has 1 aromatic heterocycles. The van der Waals surface area contributed by atoms with Crippen LogP contribution in [-0.4, -0.2) is 40.5 Å². The first-order valence-corrected chi connectivity index (χ1v) is 11.6. The third-order valence-corrected chi connectivity index (χ3v) is 5.46. The fraction of sp³-hybridized carbons (Fsp3) is 0.222. The van der Waals surface area contributed by atoms with Gasteiger partial charge in [0, 0.05) is 23.4 Å². The molecule has 1 heterocycles. The van der Waals surface area contributed by atoms with Gasteiger partial charge in [0.2, 0.25) is 0 Å². The van der Waals surface area contributed by atoms with E-state index in [0.29, 0.717) is 30.2 Å². The highest BCUT2D eigenvalue weighted by atomic mass is 19.4. The minimum Gasteiger partial charge on any atom is -0.460 e. The summed E-state index contributed by atoms with van der Waals surface area (Å²) < 4.78 is 52.2. The smallest absolute Gasteiger partial charge is 0.416 e. The van der Waals surface area contributed by atoms with Crippen molar-refractivity contribution in [3.8, 4) is 23.1 Å². The summed E-state index contributed by atoms with van der Waals surface area (Å²) in [5, 5.41) is 7.20. The molecule has 4 aromatic rings. The van der Waals surface area contributed by atoms with Crippen LogP contribution in [0.25, 0.3) is 17.1 Å². The molecule has 1 amide bonds. The Labute approximate surface area is 211 Å². The number of hydrogen-bond acceptors (Lipinski definition) is 5. The fourth-order valence-corrected chi connectivity index (χ4v) is 3.60. The van der Waals surface area contributed by atoms with E-state index in [2.05, 4.69) is 15.4 Å². The van der Waals surface area contributed by atoms with Crippen molar-refractivity contribution < 1.29 is 27.4 Å². The number of benzene rings is 3. The average Bonchev–Trinajstić information content (AvgIpc) is 3.31. The molecule has 0 saturated heterocycles. The second-order valence-electron chi connectivity index (χ2n) is 8.07. The van der Waals surface area contributed by atoms with Gasteiger partial charge in [-0.3, -0.25) is 4.79 Å². The van der Waals surface area contributed by atoms with Gasteiger partial charge in [-0.1, -0.05) is 30.3 Å². The van der Waals surface area contributed by atoms with E-state index < -0.39 is 11.7 Å². The highest BCUT2D eigenvalue weighted by Crippen LogP contribution is 2.33. The molecule has 0 saturated carbocycles. The Morgan fingerprint density at radius 2 is 1.76 bits per heavy atom. The van der Waals surface area contributed by atoms with Crippen LogP contribution in [0.15, 0.2) is 72.8 Å². The number of nitrogens with one attached hydrogen (secondary N) is 1. The highest BCUT2D eigenvalue weighted by molar-refractivity contribution is 6.05. The summed E-state index contributed by atoms with van der Waals surface area (Å²) in [6.07, 6.45) is -4.51. The predicted molar refractivity (Wildman–Crippen MR) is 133 cm³/mol. The van der Waals surface area contributed by atoms with Crippen LogP contribution in [0.5, 0.6) is 6.01 Å². The molecule has 37 heavy (non-hydrogen) atoms. The molecule has 0 radical (unpaired) electrons. The number of hydrogen-bond donors (Lipinski definition) is 1. The maximum atomic E-state index is 13.3. The van der Waals surface area contributed by atoms with E-state index in [1.165, 1.54) is 16.8 Å². The fourth-order valence-electron chi connectivity index (χ4n) is 3.60. The molecular formula is C27H25F3N4O3. The van der Waals surface area contributed by atoms with Gasteiger partial charge in [0.15, 0.2) is 5.82 Å². The summed E-state index contributed by atoms with van der Waals surface area (Å²) in [4.78, 5) is 17.0. The van der Waals surface area contributed by atoms with Crippen LogP contribution in [0.4, 0.5) is 18.9 Å². The summed E-state index contributed by atoms with van der Waals surface area (Å²) in [5.41, 5.74) is 1.90. The molecule has 4 rings (SSSR count). The number of alkyl halides is 3. The lowest BCUT2D eigenvalue weighted by Crippen LogP contribution is -2.13. The SMILES string of the molecule is CCOCCOc1nc(-c2cccc(C(F)(F)F)c2)n(-c2ccc(NC(=O)c3ccccc3C)cc2)n1. The first kappa shape index (κ1) is 25.9. The van der Waals surface area contributed by atoms with Crippen molar-refractivity contribution in [2.24, 2.45) is 0 Å². The summed E-state index contributed by atoms with van der Waals surface area (Å²) in [6.45, 7) is 4.73. The molecule has 0 bridgehead atoms. The highest BCUT2D eigenvalue weighted by Gasteiger charge is 2.31. The molecular weight excluding hydrogens is 485 g/mol. The van der Waals surface area contributed by atoms with E-state index in [9.17, 15) is 18.0 Å². The average molecular weight is 511 g/mol. The Morgan fingerprint density at radius 3 is 2.46 bits per heavy atom. The number of halogens is 3. The van der Waals surface area contributed by atoms with E-state index in [4.69, 9.17) is 9.47 Å². The quantitative estimate of drug-likeness (QED) is 0.283. The van der Waals surface area contributed by atoms with Crippen LogP contribution >= 0.6 is 0 Å². The van der Waals surface area contributed by atoms with Crippen LogP contribution in [0.2, 0.25) is 0 Å². The molecule has 0 spiro atoms. The number of carbonyl (C=O) groups excluding carboxylic acids is 1. The van der Waals surface area contributed by atoms with Crippen molar-refractivity contribution in [3.05, 3.63) is 89.5 Å². The Morgan fingerprint density at radius 1 is 1.00 bits per heavy atom. The molecule has 0 atom stereocenters. The Balaban J connectivity index is 1.63. The van der Waals surface area contributed by atoms with Gasteiger partial charge < -0.3 is 14.8 Å². The van der Waals surface area contributed by atoms with Gasteiger partial charge in [-0.25, -0.2) is 4.68 Å². The maximum Gasteiger partial charge on any atom is 0.416 e. The van der Waals surface area contributed by atoms with Crippen molar-refractivity contribution in [1.82, 2.24) is 14.8 Å². The number of rotatable bonds is 9. The minimum atomic E-state index is -4.51. The van der Waals surface area contributed by atoms with Crippen molar-refractivity contribution in [2.45, 2.75) is 20.0 Å². The molecule has 7 nitrogen and oxygen atoms in total. The first-order chi connectivity index (χ1) is 17.8. The number of aryl methyl sites for hydroxylation is 1. The molecule has 0 fully saturated rings. The zero-order chi connectivity index (χ0) is 26.4. The number of anilines is 1. The normalized spacial score (nSPS) is 11.4. The minimum absolute atomic E-state index is 0.00375. The number of ether oxygens (including phenoxy) is 2. The number of aromatic nitrogens is 3. The lowest BCUT2D eigenvalue weighted by Gasteiger charge is -2.11. The molecule has 0 aliphatic rings. The second-order valence-corrected chi connectivity index (χ2v) is 8.07. The molecule has 10 heteroatoms. The largest absolute Gasteiger partial charge is 0.460 e. The molecule has 0 unspecified atom stereocenters. The van der Waals surface area contributed by atoms with Crippen molar-refractivity contribution in [3.63, 3.8) is 0 Å². The van der Waals surface area contributed by atoms with E-state index in [1.807, 2.05) is 26.0 Å². The monoisotopic (exact) mass is 510 g/mol. The van der Waals surface area contributed by atoms with Crippen LogP contribution in [0.3, 0.4) is 0 Å². The standard InChI is InChI=1S/C27H25F3N4O3/c1-3-36-15-16-37-26-32-24(19-8-6-9-20(17-19)27(28,29)30)34(33-26)22-13-11-21(12-14-22)31-25(35)23-10-5-4-7-18(23)2/h4-14,17H,3,15-16H2,1-2H3,(H,31,35). The first-order valence-electron chi connectivity index (χ1n) is 11.6. The molecule has 192 valence electrons. The van der Waals surface area contributed by atoms with Crippen LogP contribution < -0.4 is 10.1 Å². The van der Waals surface area contributed by atoms with Crippen LogP contribution in [-0.2, 0) is 10.9 Å². The third kappa shape index (κ3) is 6.34. The van der Waals surface area contributed by atoms with Crippen molar-refractivity contribution >= 4 is 11.6 Å². The van der Waals surface area contributed by atoms with Gasteiger partial charge in [0.25, 0.3) is 5.91 Å². The Bertz CT molecular complexity index is 1370. The van der Waals surface area contributed by atoms with Gasteiger partial charge in [-0.05, 0) is 61.9 Å². The van der Waals surface area contributed by atoms with Gasteiger partial charge in [-0.2, -0.15) is 18.2 Å². The van der Waals surface area contributed by atoms with Gasteiger partial charge in [-0.15, -0.1) is 5.10 Å². The van der Waals surface area contributed by atoms with Crippen molar-refractivity contribution in [1.29, 1.82) is 0 Å². The van der Waals surface area contributed by atoms with Gasteiger partial charge in [0.1, 0.15) is 6.61 Å². The lowest BCUT2D eigenvalue weighted by atomic mass is 10.1. The summed E-state index contributed by atoms with van der Waals surface area (Å²) in [6, 6.07) is 18.8. The van der Waals surface area contributed by atoms with Crippen molar-refractivity contribution in [2.75, 3.05) is 25.1 Å². The van der Waals surface area contributed by atoms with Gasteiger partial charge in [0.05, 0.1) is 17.9 Å². The van der Waals surface area contributed by atoms with Gasteiger partial charge >= 0.3 is 12.2 Å². The molecule has 0 aliphatic carbocycles. The summed E-state index contributed by atoms with van der Waals surface area (Å²) >= 11 is 0. The third-order valence-electron chi connectivity index (χ3n) is 5.46. The number of nitrogens with zero attached hydrogens (tertiary/aromatic N) is 3. The number of carbonyl (C=O) groups is 1. The molecule has 1 N–H and O–H groups in total. The molecule has 3 aromatic carbocycles. The zero-order valence-electron chi connectivity index (χ0n) is 20.2. The topological polar surface area (TPSA) is 78.3 Å². The Hall–Kier alpha value is -4.18.